The van der Waals surface area contributed by atoms with Gasteiger partial charge in [0.05, 0.1) is 12.8 Å². The first kappa shape index (κ1) is 18.5. The molecule has 1 aromatic carbocycles. The van der Waals surface area contributed by atoms with Crippen molar-refractivity contribution >= 4 is 21.6 Å². The minimum atomic E-state index is -3.56. The Bertz CT molecular complexity index is 622. The third-order valence-corrected chi connectivity index (χ3v) is 4.00. The zero-order valence-electron chi connectivity index (χ0n) is 12.3. The summed E-state index contributed by atoms with van der Waals surface area (Å²) in [4.78, 5) is 11.8. The Balaban J connectivity index is 2.68. The molecular formula is C13H18F2N2O4S. The number of ether oxygens (including phenoxy) is 1. The van der Waals surface area contributed by atoms with Gasteiger partial charge in [0.1, 0.15) is 0 Å². The van der Waals surface area contributed by atoms with Crippen molar-refractivity contribution in [2.45, 2.75) is 6.42 Å². The van der Waals surface area contributed by atoms with Crippen LogP contribution in [0.25, 0.3) is 0 Å². The van der Waals surface area contributed by atoms with E-state index in [1.54, 1.807) is 0 Å². The first-order valence-electron chi connectivity index (χ1n) is 6.43. The summed E-state index contributed by atoms with van der Waals surface area (Å²) in [5.41, 5.74) is 0.0502. The van der Waals surface area contributed by atoms with Crippen LogP contribution in [0.3, 0.4) is 0 Å². The highest BCUT2D eigenvalue weighted by atomic mass is 32.2. The number of hydrogen-bond donors (Lipinski definition) is 1. The van der Waals surface area contributed by atoms with Gasteiger partial charge in [0, 0.05) is 32.0 Å². The summed E-state index contributed by atoms with van der Waals surface area (Å²) in [5.74, 6) is -2.78. The Kier molecular flexibility index (Phi) is 6.85. The SMILES string of the molecule is COCCCN(CC(=O)Nc1ccc(F)c(F)c1)S(C)(=O)=O. The summed E-state index contributed by atoms with van der Waals surface area (Å²) in [6.07, 6.45) is 1.42. The maximum atomic E-state index is 13.0. The van der Waals surface area contributed by atoms with E-state index >= 15 is 0 Å². The standard InChI is InChI=1S/C13H18F2N2O4S/c1-21-7-3-6-17(22(2,19)20)9-13(18)16-10-4-5-11(14)12(15)8-10/h4-5,8H,3,6-7,9H2,1-2H3,(H,16,18). The second-order valence-electron chi connectivity index (χ2n) is 4.62. The minimum Gasteiger partial charge on any atom is -0.385 e. The molecule has 6 nitrogen and oxygen atoms in total. The molecule has 1 aromatic rings. The lowest BCUT2D eigenvalue weighted by Crippen LogP contribution is -2.38. The van der Waals surface area contributed by atoms with Crippen LogP contribution in [-0.4, -0.2) is 51.7 Å². The van der Waals surface area contributed by atoms with Crippen molar-refractivity contribution in [1.82, 2.24) is 4.31 Å². The number of hydrogen-bond acceptors (Lipinski definition) is 4. The van der Waals surface area contributed by atoms with Crippen molar-refractivity contribution in [3.8, 4) is 0 Å². The normalized spacial score (nSPS) is 11.7. The highest BCUT2D eigenvalue weighted by Gasteiger charge is 2.20. The molecule has 0 unspecified atom stereocenters. The molecule has 22 heavy (non-hydrogen) atoms. The molecule has 1 rings (SSSR count). The summed E-state index contributed by atoms with van der Waals surface area (Å²) in [5, 5.41) is 2.32. The molecule has 0 aliphatic heterocycles. The third-order valence-electron chi connectivity index (χ3n) is 2.75. The number of methoxy groups -OCH3 is 1. The number of benzene rings is 1. The molecular weight excluding hydrogens is 318 g/mol. The average Bonchev–Trinajstić information content (AvgIpc) is 2.41. The number of carbonyl (C=O) groups excluding carboxylic acids is 1. The molecule has 0 saturated heterocycles. The molecule has 1 amide bonds. The van der Waals surface area contributed by atoms with E-state index in [9.17, 15) is 22.0 Å². The van der Waals surface area contributed by atoms with Gasteiger partial charge in [0.15, 0.2) is 11.6 Å². The second kappa shape index (κ2) is 8.16. The summed E-state index contributed by atoms with van der Waals surface area (Å²) in [6.45, 7) is 0.0657. The van der Waals surface area contributed by atoms with E-state index < -0.39 is 34.1 Å². The van der Waals surface area contributed by atoms with Gasteiger partial charge in [-0.3, -0.25) is 4.79 Å². The molecule has 1 N–H and O–H groups in total. The summed E-state index contributed by atoms with van der Waals surface area (Å²) in [7, 11) is -2.08. The molecule has 124 valence electrons. The van der Waals surface area contributed by atoms with E-state index in [-0.39, 0.29) is 12.2 Å². The van der Waals surface area contributed by atoms with Crippen molar-refractivity contribution in [3.63, 3.8) is 0 Å². The van der Waals surface area contributed by atoms with Gasteiger partial charge in [0.2, 0.25) is 15.9 Å². The minimum absolute atomic E-state index is 0.0502. The molecule has 0 atom stereocenters. The van der Waals surface area contributed by atoms with E-state index in [0.29, 0.717) is 13.0 Å². The number of nitrogens with zero attached hydrogens (tertiary/aromatic N) is 1. The Labute approximate surface area is 128 Å². The van der Waals surface area contributed by atoms with Gasteiger partial charge >= 0.3 is 0 Å². The molecule has 0 aliphatic carbocycles. The molecule has 0 bridgehead atoms. The fourth-order valence-corrected chi connectivity index (χ4v) is 2.49. The number of halogens is 2. The quantitative estimate of drug-likeness (QED) is 0.724. The molecule has 0 spiro atoms. The number of amides is 1. The van der Waals surface area contributed by atoms with Crippen LogP contribution in [0.2, 0.25) is 0 Å². The fraction of sp³-hybridized carbons (Fsp3) is 0.462. The van der Waals surface area contributed by atoms with Crippen LogP contribution in [0.15, 0.2) is 18.2 Å². The number of rotatable bonds is 8. The zero-order valence-corrected chi connectivity index (χ0v) is 13.1. The van der Waals surface area contributed by atoms with Crippen LogP contribution in [-0.2, 0) is 19.6 Å². The Morgan fingerprint density at radius 2 is 2.00 bits per heavy atom. The molecule has 0 heterocycles. The summed E-state index contributed by atoms with van der Waals surface area (Å²) < 4.78 is 54.9. The Morgan fingerprint density at radius 3 is 2.55 bits per heavy atom. The van der Waals surface area contributed by atoms with Crippen molar-refractivity contribution in [3.05, 3.63) is 29.8 Å². The molecule has 0 saturated carbocycles. The largest absolute Gasteiger partial charge is 0.385 e. The highest BCUT2D eigenvalue weighted by molar-refractivity contribution is 7.88. The summed E-state index contributed by atoms with van der Waals surface area (Å²) in [6, 6.07) is 2.88. The molecule has 0 aromatic heterocycles. The lowest BCUT2D eigenvalue weighted by Gasteiger charge is -2.19. The third kappa shape index (κ3) is 6.04. The molecule has 0 aliphatic rings. The van der Waals surface area contributed by atoms with Crippen LogP contribution < -0.4 is 5.32 Å². The van der Waals surface area contributed by atoms with Gasteiger partial charge in [-0.05, 0) is 18.6 Å². The summed E-state index contributed by atoms with van der Waals surface area (Å²) >= 11 is 0. The fourth-order valence-electron chi connectivity index (χ4n) is 1.68. The number of nitrogens with one attached hydrogen (secondary N) is 1. The van der Waals surface area contributed by atoms with Gasteiger partial charge in [0.25, 0.3) is 0 Å². The number of anilines is 1. The van der Waals surface area contributed by atoms with E-state index in [2.05, 4.69) is 5.32 Å². The number of sulfonamides is 1. The highest BCUT2D eigenvalue weighted by Crippen LogP contribution is 2.13. The van der Waals surface area contributed by atoms with Crippen LogP contribution >= 0.6 is 0 Å². The maximum absolute atomic E-state index is 13.0. The van der Waals surface area contributed by atoms with Crippen LogP contribution in [0.1, 0.15) is 6.42 Å². The second-order valence-corrected chi connectivity index (χ2v) is 6.60. The van der Waals surface area contributed by atoms with E-state index in [1.165, 1.54) is 13.2 Å². The Morgan fingerprint density at radius 1 is 1.32 bits per heavy atom. The van der Waals surface area contributed by atoms with Gasteiger partial charge < -0.3 is 10.1 Å². The molecule has 9 heteroatoms. The van der Waals surface area contributed by atoms with Crippen LogP contribution in [0.4, 0.5) is 14.5 Å². The van der Waals surface area contributed by atoms with Crippen molar-refractivity contribution in [2.24, 2.45) is 0 Å². The molecule has 0 fully saturated rings. The topological polar surface area (TPSA) is 75.7 Å². The molecule has 0 radical (unpaired) electrons. The Hall–Kier alpha value is -1.58. The van der Waals surface area contributed by atoms with E-state index in [4.69, 9.17) is 4.74 Å². The average molecular weight is 336 g/mol. The first-order chi connectivity index (χ1) is 10.2. The lowest BCUT2D eigenvalue weighted by molar-refractivity contribution is -0.116. The van der Waals surface area contributed by atoms with Gasteiger partial charge in [-0.2, -0.15) is 4.31 Å². The van der Waals surface area contributed by atoms with E-state index in [1.807, 2.05) is 0 Å². The van der Waals surface area contributed by atoms with Gasteiger partial charge in [-0.25, -0.2) is 17.2 Å². The smallest absolute Gasteiger partial charge is 0.239 e. The predicted octanol–water partition coefficient (Wildman–Crippen LogP) is 1.20. The maximum Gasteiger partial charge on any atom is 0.239 e. The van der Waals surface area contributed by atoms with Gasteiger partial charge in [-0.15, -0.1) is 0 Å². The lowest BCUT2D eigenvalue weighted by atomic mass is 10.3. The van der Waals surface area contributed by atoms with Crippen molar-refractivity contribution < 1.29 is 26.7 Å². The predicted molar refractivity (Wildman–Crippen MR) is 77.9 cm³/mol. The van der Waals surface area contributed by atoms with Crippen LogP contribution in [0, 0.1) is 11.6 Å². The monoisotopic (exact) mass is 336 g/mol. The number of carbonyl (C=O) groups is 1. The van der Waals surface area contributed by atoms with Gasteiger partial charge in [-0.1, -0.05) is 0 Å². The van der Waals surface area contributed by atoms with Crippen molar-refractivity contribution in [1.29, 1.82) is 0 Å². The van der Waals surface area contributed by atoms with E-state index in [0.717, 1.165) is 22.7 Å². The first-order valence-corrected chi connectivity index (χ1v) is 8.28. The zero-order chi connectivity index (χ0) is 16.8. The van der Waals surface area contributed by atoms with Crippen LogP contribution in [0.5, 0.6) is 0 Å². The van der Waals surface area contributed by atoms with Crippen molar-refractivity contribution in [2.75, 3.05) is 38.4 Å².